The van der Waals surface area contributed by atoms with E-state index in [4.69, 9.17) is 10.2 Å². The minimum absolute atomic E-state index is 0.447. The van der Waals surface area contributed by atoms with Gasteiger partial charge in [0.25, 0.3) is 5.95 Å². The van der Waals surface area contributed by atoms with Crippen molar-refractivity contribution in [3.8, 4) is 0 Å². The molecule has 12 heavy (non-hydrogen) atoms. The molecule has 0 aromatic rings. The lowest BCUT2D eigenvalue weighted by atomic mass is 10.0. The van der Waals surface area contributed by atoms with Crippen LogP contribution in [-0.2, 0) is 0 Å². The normalized spacial score (nSPS) is 9.83. The van der Waals surface area contributed by atoms with Crippen molar-refractivity contribution < 1.29 is 10.2 Å². The van der Waals surface area contributed by atoms with Gasteiger partial charge >= 0.3 is 0 Å². The van der Waals surface area contributed by atoms with Gasteiger partial charge in [0, 0.05) is 5.57 Å². The highest BCUT2D eigenvalue weighted by molar-refractivity contribution is 5.01. The zero-order chi connectivity index (χ0) is 9.40. The van der Waals surface area contributed by atoms with Gasteiger partial charge in [-0.3, -0.25) is 0 Å². The van der Waals surface area contributed by atoms with E-state index in [-0.39, 0.29) is 0 Å². The molecule has 0 aliphatic heterocycles. The third-order valence-electron chi connectivity index (χ3n) is 1.98. The summed E-state index contributed by atoms with van der Waals surface area (Å²) < 4.78 is 0. The maximum absolute atomic E-state index is 8.90. The van der Waals surface area contributed by atoms with Gasteiger partial charge in [0.15, 0.2) is 0 Å². The first-order chi connectivity index (χ1) is 5.72. The van der Waals surface area contributed by atoms with Crippen LogP contribution in [0.3, 0.4) is 0 Å². The van der Waals surface area contributed by atoms with Crippen molar-refractivity contribution in [1.29, 1.82) is 0 Å². The van der Waals surface area contributed by atoms with Crippen LogP contribution in [0.4, 0.5) is 0 Å². The summed E-state index contributed by atoms with van der Waals surface area (Å²) in [7, 11) is 0. The summed E-state index contributed by atoms with van der Waals surface area (Å²) in [5, 5.41) is 17.8. The molecule has 0 atom stereocenters. The number of unbranched alkanes of at least 4 members (excludes halogenated alkanes) is 2. The molecule has 0 unspecified atom stereocenters. The Kier molecular flexibility index (Phi) is 6.63. The standard InChI is InChI=1S/C10H20O2/c1-3-5-7-9(10(11)12)8-6-4-2/h11-12H,3-8H2,1-2H3. The third kappa shape index (κ3) is 5.05. The van der Waals surface area contributed by atoms with Gasteiger partial charge in [0.1, 0.15) is 0 Å². The second-order valence-electron chi connectivity index (χ2n) is 3.13. The quantitative estimate of drug-likeness (QED) is 0.600. The lowest BCUT2D eigenvalue weighted by Crippen LogP contribution is -1.91. The predicted octanol–water partition coefficient (Wildman–Crippen LogP) is 3.69. The molecule has 0 aromatic heterocycles. The van der Waals surface area contributed by atoms with Crippen LogP contribution < -0.4 is 0 Å². The highest BCUT2D eigenvalue weighted by Gasteiger charge is 2.03. The van der Waals surface area contributed by atoms with E-state index in [1.807, 2.05) is 0 Å². The largest absolute Gasteiger partial charge is 0.481 e. The van der Waals surface area contributed by atoms with Gasteiger partial charge in [-0.15, -0.1) is 0 Å². The van der Waals surface area contributed by atoms with Crippen molar-refractivity contribution in [2.24, 2.45) is 0 Å². The second-order valence-corrected chi connectivity index (χ2v) is 3.13. The fourth-order valence-electron chi connectivity index (χ4n) is 1.13. The van der Waals surface area contributed by atoms with E-state index in [1.54, 1.807) is 0 Å². The van der Waals surface area contributed by atoms with Crippen LogP contribution in [0.2, 0.25) is 0 Å². The minimum Gasteiger partial charge on any atom is -0.481 e. The molecule has 0 rings (SSSR count). The van der Waals surface area contributed by atoms with Gasteiger partial charge in [-0.1, -0.05) is 26.7 Å². The average molecular weight is 172 g/mol. The molecule has 2 N–H and O–H groups in total. The van der Waals surface area contributed by atoms with Crippen LogP contribution in [0.25, 0.3) is 0 Å². The van der Waals surface area contributed by atoms with Gasteiger partial charge in [-0.2, -0.15) is 0 Å². The summed E-state index contributed by atoms with van der Waals surface area (Å²) in [6.45, 7) is 4.21. The molecule has 0 saturated heterocycles. The highest BCUT2D eigenvalue weighted by atomic mass is 16.5. The maximum Gasteiger partial charge on any atom is 0.273 e. The molecule has 0 heterocycles. The van der Waals surface area contributed by atoms with Crippen LogP contribution in [0.1, 0.15) is 52.4 Å². The van der Waals surface area contributed by atoms with Gasteiger partial charge in [-0.25, -0.2) is 0 Å². The number of hydrogen-bond acceptors (Lipinski definition) is 2. The van der Waals surface area contributed by atoms with E-state index >= 15 is 0 Å². The SMILES string of the molecule is CCCCC(CCCC)=C(O)O. The molecule has 2 heteroatoms. The maximum atomic E-state index is 8.90. The average Bonchev–Trinajstić information content (AvgIpc) is 2.04. The fourth-order valence-corrected chi connectivity index (χ4v) is 1.13. The Morgan fingerprint density at radius 3 is 1.58 bits per heavy atom. The topological polar surface area (TPSA) is 40.5 Å². The Morgan fingerprint density at radius 2 is 1.33 bits per heavy atom. The molecular weight excluding hydrogens is 152 g/mol. The van der Waals surface area contributed by atoms with Crippen LogP contribution in [0.15, 0.2) is 11.5 Å². The molecule has 0 radical (unpaired) electrons. The lowest BCUT2D eigenvalue weighted by Gasteiger charge is -2.05. The van der Waals surface area contributed by atoms with Crippen LogP contribution >= 0.6 is 0 Å². The lowest BCUT2D eigenvalue weighted by molar-refractivity contribution is 0.181. The molecule has 0 amide bonds. The molecule has 2 nitrogen and oxygen atoms in total. The Hall–Kier alpha value is -0.660. The molecule has 0 aliphatic carbocycles. The first-order valence-corrected chi connectivity index (χ1v) is 4.82. The van der Waals surface area contributed by atoms with Gasteiger partial charge < -0.3 is 10.2 Å². The van der Waals surface area contributed by atoms with Gasteiger partial charge in [-0.05, 0) is 25.7 Å². The smallest absolute Gasteiger partial charge is 0.273 e. The molecule has 0 fully saturated rings. The van der Waals surface area contributed by atoms with Crippen molar-refractivity contribution in [2.75, 3.05) is 0 Å². The van der Waals surface area contributed by atoms with E-state index in [0.717, 1.165) is 44.1 Å². The van der Waals surface area contributed by atoms with Gasteiger partial charge in [0.2, 0.25) is 0 Å². The molecule has 0 aromatic carbocycles. The van der Waals surface area contributed by atoms with E-state index in [9.17, 15) is 0 Å². The number of aliphatic hydroxyl groups is 2. The van der Waals surface area contributed by atoms with Crippen LogP contribution in [0.5, 0.6) is 0 Å². The molecular formula is C10H20O2. The Bertz CT molecular complexity index is 125. The van der Waals surface area contributed by atoms with Crippen molar-refractivity contribution in [3.05, 3.63) is 11.5 Å². The molecule has 0 aliphatic rings. The zero-order valence-electron chi connectivity index (χ0n) is 8.14. The van der Waals surface area contributed by atoms with Crippen molar-refractivity contribution >= 4 is 0 Å². The Morgan fingerprint density at radius 1 is 0.917 bits per heavy atom. The van der Waals surface area contributed by atoms with E-state index in [2.05, 4.69) is 13.8 Å². The molecule has 72 valence electrons. The number of rotatable bonds is 6. The van der Waals surface area contributed by atoms with Crippen LogP contribution in [-0.4, -0.2) is 10.2 Å². The Labute approximate surface area is 74.9 Å². The van der Waals surface area contributed by atoms with E-state index in [0.29, 0.717) is 0 Å². The first kappa shape index (κ1) is 11.3. The van der Waals surface area contributed by atoms with Crippen LogP contribution in [0, 0.1) is 0 Å². The first-order valence-electron chi connectivity index (χ1n) is 4.82. The zero-order valence-corrected chi connectivity index (χ0v) is 8.14. The summed E-state index contributed by atoms with van der Waals surface area (Å²) in [5.74, 6) is -0.447. The summed E-state index contributed by atoms with van der Waals surface area (Å²) in [6, 6.07) is 0. The fraction of sp³-hybridized carbons (Fsp3) is 0.800. The monoisotopic (exact) mass is 172 g/mol. The second kappa shape index (κ2) is 7.01. The summed E-state index contributed by atoms with van der Waals surface area (Å²) in [5.41, 5.74) is 0.818. The van der Waals surface area contributed by atoms with Crippen molar-refractivity contribution in [1.82, 2.24) is 0 Å². The van der Waals surface area contributed by atoms with E-state index < -0.39 is 5.95 Å². The summed E-state index contributed by atoms with van der Waals surface area (Å²) in [4.78, 5) is 0. The minimum atomic E-state index is -0.447. The number of aliphatic hydroxyl groups excluding tert-OH is 1. The molecule has 0 spiro atoms. The van der Waals surface area contributed by atoms with Crippen molar-refractivity contribution in [2.45, 2.75) is 52.4 Å². The Balaban J connectivity index is 3.80. The third-order valence-corrected chi connectivity index (χ3v) is 1.98. The van der Waals surface area contributed by atoms with Gasteiger partial charge in [0.05, 0.1) is 0 Å². The summed E-state index contributed by atoms with van der Waals surface area (Å²) in [6.07, 6.45) is 5.96. The number of allylic oxidation sites excluding steroid dienone is 1. The molecule has 0 bridgehead atoms. The predicted molar refractivity (Wildman–Crippen MR) is 51.3 cm³/mol. The molecule has 0 saturated carbocycles. The highest BCUT2D eigenvalue weighted by Crippen LogP contribution is 2.16. The summed E-state index contributed by atoms with van der Waals surface area (Å²) >= 11 is 0. The van der Waals surface area contributed by atoms with E-state index in [1.165, 1.54) is 0 Å². The number of hydrogen-bond donors (Lipinski definition) is 2. The van der Waals surface area contributed by atoms with Crippen molar-refractivity contribution in [3.63, 3.8) is 0 Å².